The van der Waals surface area contributed by atoms with Crippen LogP contribution in [0.15, 0.2) is 0 Å². The van der Waals surface area contributed by atoms with Gasteiger partial charge in [-0.3, -0.25) is 0 Å². The lowest BCUT2D eigenvalue weighted by Crippen LogP contribution is -2.32. The van der Waals surface area contributed by atoms with Gasteiger partial charge in [0.05, 0.1) is 9.68 Å². The Bertz CT molecular complexity index is 27.0. The Hall–Kier alpha value is 0.354. The summed E-state index contributed by atoms with van der Waals surface area (Å²) >= 11 is 0. The summed E-state index contributed by atoms with van der Waals surface area (Å²) in [6.07, 6.45) is 0. The first-order valence-electron chi connectivity index (χ1n) is 2.28. The lowest BCUT2D eigenvalue weighted by atomic mass is 10.9. The molecule has 1 N–H and O–H groups in total. The van der Waals surface area contributed by atoms with Crippen molar-refractivity contribution in [3.63, 3.8) is 0 Å². The number of rotatable bonds is 0. The van der Waals surface area contributed by atoms with E-state index in [0.717, 1.165) is 6.61 Å². The average molecular weight is 119 g/mol. The fourth-order valence-electron chi connectivity index (χ4n) is 0.516. The minimum absolute atomic E-state index is 0.180. The third kappa shape index (κ3) is 1.21. The van der Waals surface area contributed by atoms with Crippen molar-refractivity contribution < 1.29 is 4.43 Å². The Morgan fingerprint density at radius 2 is 2.67 bits per heavy atom. The van der Waals surface area contributed by atoms with Crippen molar-refractivity contribution >= 4 is 19.6 Å². The highest BCUT2D eigenvalue weighted by Gasteiger charge is 1.95. The second-order valence-electron chi connectivity index (χ2n) is 1.41. The molecule has 1 heterocycles. The molecular formula is C2H9NOSi2. The van der Waals surface area contributed by atoms with Crippen molar-refractivity contribution in [1.82, 2.24) is 4.65 Å². The van der Waals surface area contributed by atoms with Gasteiger partial charge >= 0.3 is 0 Å². The summed E-state index contributed by atoms with van der Waals surface area (Å²) in [5.41, 5.74) is 0. The Morgan fingerprint density at radius 1 is 1.67 bits per heavy atom. The van der Waals surface area contributed by atoms with E-state index in [0.29, 0.717) is 0 Å². The Morgan fingerprint density at radius 3 is 2.83 bits per heavy atom. The highest BCUT2D eigenvalue weighted by atomic mass is 28.3. The van der Waals surface area contributed by atoms with Crippen molar-refractivity contribution in [1.29, 1.82) is 0 Å². The van der Waals surface area contributed by atoms with Crippen LogP contribution in [0.2, 0.25) is 6.04 Å². The first-order chi connectivity index (χ1) is 3.00. The van der Waals surface area contributed by atoms with Crippen molar-refractivity contribution in [3.8, 4) is 0 Å². The zero-order chi connectivity index (χ0) is 4.24. The minimum atomic E-state index is -0.180. The summed E-state index contributed by atoms with van der Waals surface area (Å²) in [7, 11) is 0.0154. The molecule has 1 aliphatic rings. The summed E-state index contributed by atoms with van der Waals surface area (Å²) in [6.45, 7) is 1.06. The van der Waals surface area contributed by atoms with E-state index in [-0.39, 0.29) is 19.6 Å². The maximum absolute atomic E-state index is 5.13. The minimum Gasteiger partial charge on any atom is -0.409 e. The summed E-state index contributed by atoms with van der Waals surface area (Å²) < 4.78 is 8.47. The Labute approximate surface area is 42.2 Å². The highest BCUT2D eigenvalue weighted by Crippen LogP contribution is 1.81. The van der Waals surface area contributed by atoms with Gasteiger partial charge in [0.2, 0.25) is 9.92 Å². The molecule has 0 aromatic rings. The van der Waals surface area contributed by atoms with Gasteiger partial charge in [-0.25, -0.2) is 0 Å². The second kappa shape index (κ2) is 2.51. The lowest BCUT2D eigenvalue weighted by Gasteiger charge is -2.09. The zero-order valence-electron chi connectivity index (χ0n) is 3.74. The summed E-state index contributed by atoms with van der Waals surface area (Å²) in [4.78, 5) is 0. The molecule has 0 spiro atoms. The molecule has 0 amide bonds. The van der Waals surface area contributed by atoms with E-state index in [1.165, 1.54) is 6.04 Å². The van der Waals surface area contributed by atoms with E-state index in [1.54, 1.807) is 0 Å². The summed E-state index contributed by atoms with van der Waals surface area (Å²) in [6, 6.07) is 1.34. The highest BCUT2D eigenvalue weighted by molar-refractivity contribution is 6.48. The number of hydrogen-bond acceptors (Lipinski definition) is 2. The molecule has 0 radical (unpaired) electrons. The van der Waals surface area contributed by atoms with Crippen molar-refractivity contribution in [2.75, 3.05) is 6.61 Å². The molecule has 0 aromatic carbocycles. The SMILES string of the molecule is C1C[SiH2]N[SiH2]O1. The predicted molar refractivity (Wildman–Crippen MR) is 31.0 cm³/mol. The molecule has 0 aromatic heterocycles. The van der Waals surface area contributed by atoms with Crippen LogP contribution in [-0.4, -0.2) is 26.2 Å². The van der Waals surface area contributed by atoms with Crippen LogP contribution in [0.1, 0.15) is 0 Å². The standard InChI is InChI=1S/C2H9NOSi2/c1-2-5-3-6-4-1/h3H,1-2,5-6H2. The molecule has 1 rings (SSSR count). The van der Waals surface area contributed by atoms with Gasteiger partial charge in [0.25, 0.3) is 0 Å². The molecule has 4 heteroatoms. The topological polar surface area (TPSA) is 21.3 Å². The van der Waals surface area contributed by atoms with Crippen LogP contribution in [0.3, 0.4) is 0 Å². The largest absolute Gasteiger partial charge is 0.409 e. The average Bonchev–Trinajstić information content (AvgIpc) is 1.72. The molecule has 0 atom stereocenters. The van der Waals surface area contributed by atoms with E-state index in [2.05, 4.69) is 4.65 Å². The molecule has 6 heavy (non-hydrogen) atoms. The molecule has 1 saturated heterocycles. The third-order valence-electron chi connectivity index (χ3n) is 0.846. The Balaban J connectivity index is 2.00. The van der Waals surface area contributed by atoms with Crippen LogP contribution < -0.4 is 4.65 Å². The van der Waals surface area contributed by atoms with Gasteiger partial charge < -0.3 is 9.07 Å². The van der Waals surface area contributed by atoms with Crippen LogP contribution in [0, 0.1) is 0 Å². The Kier molecular flexibility index (Phi) is 1.89. The smallest absolute Gasteiger partial charge is 0.229 e. The monoisotopic (exact) mass is 119 g/mol. The number of hydrogen-bond donors (Lipinski definition) is 1. The van der Waals surface area contributed by atoms with Gasteiger partial charge in [0.1, 0.15) is 0 Å². The molecule has 0 bridgehead atoms. The maximum Gasteiger partial charge on any atom is 0.229 e. The predicted octanol–water partition coefficient (Wildman–Crippen LogP) is -1.89. The third-order valence-corrected chi connectivity index (χ3v) is 4.21. The normalized spacial score (nSPS) is 32.0. The van der Waals surface area contributed by atoms with Gasteiger partial charge in [-0.2, -0.15) is 0 Å². The summed E-state index contributed by atoms with van der Waals surface area (Å²) in [5, 5.41) is 0. The van der Waals surface area contributed by atoms with Gasteiger partial charge in [-0.1, -0.05) is 0 Å². The van der Waals surface area contributed by atoms with E-state index >= 15 is 0 Å². The van der Waals surface area contributed by atoms with Crippen molar-refractivity contribution in [2.45, 2.75) is 6.04 Å². The molecule has 1 fully saturated rings. The van der Waals surface area contributed by atoms with Crippen molar-refractivity contribution in [3.05, 3.63) is 0 Å². The zero-order valence-corrected chi connectivity index (χ0v) is 6.57. The van der Waals surface area contributed by atoms with Crippen LogP contribution in [0.5, 0.6) is 0 Å². The van der Waals surface area contributed by atoms with E-state index in [9.17, 15) is 0 Å². The lowest BCUT2D eigenvalue weighted by molar-refractivity contribution is 0.349. The van der Waals surface area contributed by atoms with Gasteiger partial charge in [0.15, 0.2) is 0 Å². The molecule has 0 aliphatic carbocycles. The first-order valence-corrected chi connectivity index (χ1v) is 5.28. The maximum atomic E-state index is 5.13. The molecule has 2 nitrogen and oxygen atoms in total. The van der Waals surface area contributed by atoms with Crippen LogP contribution in [0.4, 0.5) is 0 Å². The van der Waals surface area contributed by atoms with E-state index in [4.69, 9.17) is 4.43 Å². The van der Waals surface area contributed by atoms with E-state index < -0.39 is 0 Å². The van der Waals surface area contributed by atoms with Crippen molar-refractivity contribution in [2.24, 2.45) is 0 Å². The van der Waals surface area contributed by atoms with Gasteiger partial charge in [-0.05, 0) is 6.04 Å². The van der Waals surface area contributed by atoms with Gasteiger partial charge in [-0.15, -0.1) is 0 Å². The van der Waals surface area contributed by atoms with Crippen LogP contribution >= 0.6 is 0 Å². The summed E-state index contributed by atoms with van der Waals surface area (Å²) in [5.74, 6) is 0. The first kappa shape index (κ1) is 4.51. The number of nitrogens with one attached hydrogen (secondary N) is 1. The fourth-order valence-corrected chi connectivity index (χ4v) is 3.78. The second-order valence-corrected chi connectivity index (χ2v) is 5.31. The fraction of sp³-hybridized carbons (Fsp3) is 1.00. The molecular weight excluding hydrogens is 110 g/mol. The molecule has 0 unspecified atom stereocenters. The molecule has 0 saturated carbocycles. The van der Waals surface area contributed by atoms with Gasteiger partial charge in [0, 0.05) is 6.61 Å². The quantitative estimate of drug-likeness (QED) is 0.376. The van der Waals surface area contributed by atoms with E-state index in [1.807, 2.05) is 0 Å². The van der Waals surface area contributed by atoms with Crippen LogP contribution in [0.25, 0.3) is 0 Å². The molecule has 36 valence electrons. The molecule has 1 aliphatic heterocycles. The van der Waals surface area contributed by atoms with Crippen LogP contribution in [-0.2, 0) is 4.43 Å².